The molecule has 2 aromatic carbocycles. The van der Waals surface area contributed by atoms with Gasteiger partial charge >= 0.3 is 0 Å². The molecule has 0 bridgehead atoms. The largest absolute Gasteiger partial charge is 0.494 e. The zero-order valence-electron chi connectivity index (χ0n) is 14.8. The molecular weight excluding hydrogens is 352 g/mol. The number of hydrogen-bond acceptors (Lipinski definition) is 3. The number of benzene rings is 2. The fourth-order valence-corrected chi connectivity index (χ4v) is 3.32. The lowest BCUT2D eigenvalue weighted by atomic mass is 10.1. The van der Waals surface area contributed by atoms with Crippen LogP contribution in [-0.4, -0.2) is 25.0 Å². The molecule has 1 N–H and O–H groups in total. The summed E-state index contributed by atoms with van der Waals surface area (Å²) in [4.78, 5) is 26.0. The van der Waals surface area contributed by atoms with E-state index in [1.54, 1.807) is 17.0 Å². The molecule has 5 nitrogen and oxygen atoms in total. The first-order valence-corrected chi connectivity index (χ1v) is 8.91. The minimum Gasteiger partial charge on any atom is -0.494 e. The zero-order valence-corrected chi connectivity index (χ0v) is 15.5. The number of nitrogens with one attached hydrogen (secondary N) is 1. The summed E-state index contributed by atoms with van der Waals surface area (Å²) in [6.45, 7) is 4.41. The standard InChI is InChI=1S/C20H21ClN2O3/c1-13-5-3-6-17-18(22-14(2)24)20(25)23(19(13)17)11-4-12-26-16-9-7-15(21)8-10-16/h3,5-10,18H,4,11-12H2,1-2H3,(H,22,24)/t18-/m1/s1. The number of ether oxygens (including phenoxy) is 1. The number of amides is 2. The molecule has 0 fully saturated rings. The van der Waals surface area contributed by atoms with Crippen LogP contribution in [0.1, 0.15) is 30.5 Å². The van der Waals surface area contributed by atoms with Gasteiger partial charge in [-0.1, -0.05) is 29.8 Å². The first-order chi connectivity index (χ1) is 12.5. The predicted octanol–water partition coefficient (Wildman–Crippen LogP) is 3.64. The molecule has 2 amide bonds. The Bertz CT molecular complexity index is 820. The number of carbonyl (C=O) groups excluding carboxylic acids is 2. The van der Waals surface area contributed by atoms with Crippen LogP contribution in [0, 0.1) is 6.92 Å². The summed E-state index contributed by atoms with van der Waals surface area (Å²) < 4.78 is 5.70. The van der Waals surface area contributed by atoms with E-state index in [0.29, 0.717) is 24.6 Å². The number of anilines is 1. The van der Waals surface area contributed by atoms with Crippen LogP contribution in [0.5, 0.6) is 5.75 Å². The lowest BCUT2D eigenvalue weighted by Gasteiger charge is -2.19. The summed E-state index contributed by atoms with van der Waals surface area (Å²) in [5.41, 5.74) is 2.76. The smallest absolute Gasteiger partial charge is 0.254 e. The van der Waals surface area contributed by atoms with Gasteiger partial charge in [-0.3, -0.25) is 9.59 Å². The Balaban J connectivity index is 1.66. The molecule has 6 heteroatoms. The molecule has 1 heterocycles. The molecule has 0 saturated heterocycles. The molecule has 26 heavy (non-hydrogen) atoms. The van der Waals surface area contributed by atoms with E-state index in [1.165, 1.54) is 6.92 Å². The van der Waals surface area contributed by atoms with Gasteiger partial charge in [-0.25, -0.2) is 0 Å². The van der Waals surface area contributed by atoms with Gasteiger partial charge < -0.3 is 15.0 Å². The van der Waals surface area contributed by atoms with Crippen molar-refractivity contribution in [3.05, 3.63) is 58.6 Å². The normalized spacial score (nSPS) is 15.7. The van der Waals surface area contributed by atoms with E-state index in [9.17, 15) is 9.59 Å². The van der Waals surface area contributed by atoms with Gasteiger partial charge in [0.05, 0.1) is 12.3 Å². The Kier molecular flexibility index (Phi) is 5.47. The Morgan fingerprint density at radius 1 is 1.23 bits per heavy atom. The van der Waals surface area contributed by atoms with Crippen LogP contribution in [-0.2, 0) is 9.59 Å². The Labute approximate surface area is 157 Å². The van der Waals surface area contributed by atoms with Crippen LogP contribution in [0.3, 0.4) is 0 Å². The molecule has 1 aliphatic heterocycles. The molecule has 3 rings (SSSR count). The highest BCUT2D eigenvalue weighted by Crippen LogP contribution is 2.38. The van der Waals surface area contributed by atoms with Gasteiger partial charge in [0.1, 0.15) is 11.8 Å². The Morgan fingerprint density at radius 3 is 2.65 bits per heavy atom. The van der Waals surface area contributed by atoms with Gasteiger partial charge in [0, 0.05) is 24.1 Å². The highest BCUT2D eigenvalue weighted by molar-refractivity contribution is 6.30. The van der Waals surface area contributed by atoms with E-state index in [0.717, 1.165) is 22.6 Å². The first kappa shape index (κ1) is 18.3. The average Bonchev–Trinajstić information content (AvgIpc) is 2.86. The number of rotatable bonds is 6. The van der Waals surface area contributed by atoms with Crippen LogP contribution < -0.4 is 15.0 Å². The van der Waals surface area contributed by atoms with E-state index >= 15 is 0 Å². The summed E-state index contributed by atoms with van der Waals surface area (Å²) >= 11 is 5.86. The Hall–Kier alpha value is -2.53. The van der Waals surface area contributed by atoms with Gasteiger partial charge in [0.15, 0.2) is 0 Å². The molecule has 2 aromatic rings. The molecule has 0 aromatic heterocycles. The van der Waals surface area contributed by atoms with Crippen molar-refractivity contribution in [2.75, 3.05) is 18.1 Å². The second-order valence-electron chi connectivity index (χ2n) is 6.29. The van der Waals surface area contributed by atoms with Gasteiger partial charge in [0.25, 0.3) is 5.91 Å². The highest BCUT2D eigenvalue weighted by Gasteiger charge is 2.38. The lowest BCUT2D eigenvalue weighted by Crippen LogP contribution is -2.37. The molecule has 0 aliphatic carbocycles. The minimum atomic E-state index is -0.611. The fraction of sp³-hybridized carbons (Fsp3) is 0.300. The maximum Gasteiger partial charge on any atom is 0.254 e. The van der Waals surface area contributed by atoms with Crippen LogP contribution >= 0.6 is 11.6 Å². The van der Waals surface area contributed by atoms with Crippen LogP contribution in [0.25, 0.3) is 0 Å². The van der Waals surface area contributed by atoms with Gasteiger partial charge in [0.2, 0.25) is 5.91 Å². The van der Waals surface area contributed by atoms with Crippen LogP contribution in [0.4, 0.5) is 5.69 Å². The van der Waals surface area contributed by atoms with E-state index in [-0.39, 0.29) is 11.8 Å². The number of aryl methyl sites for hydroxylation is 1. The van der Waals surface area contributed by atoms with Crippen molar-refractivity contribution in [2.45, 2.75) is 26.3 Å². The second kappa shape index (κ2) is 7.79. The van der Waals surface area contributed by atoms with Crippen molar-refractivity contribution in [2.24, 2.45) is 0 Å². The number of para-hydroxylation sites is 1. The fourth-order valence-electron chi connectivity index (χ4n) is 3.19. The lowest BCUT2D eigenvalue weighted by molar-refractivity contribution is -0.126. The van der Waals surface area contributed by atoms with Crippen molar-refractivity contribution in [1.29, 1.82) is 0 Å². The van der Waals surface area contributed by atoms with E-state index < -0.39 is 6.04 Å². The quantitative estimate of drug-likeness (QED) is 0.787. The van der Waals surface area contributed by atoms with Gasteiger partial charge in [-0.05, 0) is 43.2 Å². The minimum absolute atomic E-state index is 0.101. The van der Waals surface area contributed by atoms with Crippen molar-refractivity contribution in [3.8, 4) is 5.75 Å². The SMILES string of the molecule is CC(=O)N[C@H]1C(=O)N(CCCOc2ccc(Cl)cc2)c2c(C)cccc21. The van der Waals surface area contributed by atoms with E-state index in [4.69, 9.17) is 16.3 Å². The number of halogens is 1. The molecule has 0 spiro atoms. The summed E-state index contributed by atoms with van der Waals surface area (Å²) in [6.07, 6.45) is 0.676. The summed E-state index contributed by atoms with van der Waals surface area (Å²) in [6, 6.07) is 12.3. The van der Waals surface area contributed by atoms with Crippen LogP contribution in [0.15, 0.2) is 42.5 Å². The number of fused-ring (bicyclic) bond motifs is 1. The predicted molar refractivity (Wildman–Crippen MR) is 102 cm³/mol. The molecular formula is C20H21ClN2O3. The maximum atomic E-state index is 12.8. The molecule has 136 valence electrons. The third kappa shape index (κ3) is 3.83. The summed E-state index contributed by atoms with van der Waals surface area (Å²) in [5, 5.41) is 3.42. The maximum absolute atomic E-state index is 12.8. The van der Waals surface area contributed by atoms with Gasteiger partial charge in [-0.2, -0.15) is 0 Å². The average molecular weight is 373 g/mol. The van der Waals surface area contributed by atoms with Crippen molar-refractivity contribution in [1.82, 2.24) is 5.32 Å². The third-order valence-corrected chi connectivity index (χ3v) is 4.57. The number of nitrogens with zero attached hydrogens (tertiary/aromatic N) is 1. The molecule has 0 radical (unpaired) electrons. The molecule has 1 atom stereocenters. The molecule has 1 aliphatic rings. The van der Waals surface area contributed by atoms with Crippen LogP contribution in [0.2, 0.25) is 5.02 Å². The zero-order chi connectivity index (χ0) is 18.7. The monoisotopic (exact) mass is 372 g/mol. The summed E-state index contributed by atoms with van der Waals surface area (Å²) in [7, 11) is 0. The molecule has 0 saturated carbocycles. The summed E-state index contributed by atoms with van der Waals surface area (Å²) in [5.74, 6) is 0.426. The third-order valence-electron chi connectivity index (χ3n) is 4.32. The van der Waals surface area contributed by atoms with Crippen molar-refractivity contribution >= 4 is 29.1 Å². The topological polar surface area (TPSA) is 58.6 Å². The van der Waals surface area contributed by atoms with E-state index in [1.807, 2.05) is 37.3 Å². The first-order valence-electron chi connectivity index (χ1n) is 8.53. The van der Waals surface area contributed by atoms with Crippen molar-refractivity contribution in [3.63, 3.8) is 0 Å². The highest BCUT2D eigenvalue weighted by atomic mass is 35.5. The second-order valence-corrected chi connectivity index (χ2v) is 6.73. The molecule has 0 unspecified atom stereocenters. The van der Waals surface area contributed by atoms with Crippen molar-refractivity contribution < 1.29 is 14.3 Å². The van der Waals surface area contributed by atoms with E-state index in [2.05, 4.69) is 5.32 Å². The number of carbonyl (C=O) groups is 2. The number of hydrogen-bond donors (Lipinski definition) is 1. The Morgan fingerprint density at radius 2 is 1.96 bits per heavy atom. The van der Waals surface area contributed by atoms with Gasteiger partial charge in [-0.15, -0.1) is 0 Å².